The van der Waals surface area contributed by atoms with Crippen LogP contribution in [-0.4, -0.2) is 58.7 Å². The van der Waals surface area contributed by atoms with Gasteiger partial charge in [0.15, 0.2) is 5.65 Å². The fourth-order valence-electron chi connectivity index (χ4n) is 2.82. The van der Waals surface area contributed by atoms with Crippen molar-refractivity contribution >= 4 is 21.5 Å². The zero-order chi connectivity index (χ0) is 17.4. The molecule has 3 aromatic rings. The van der Waals surface area contributed by atoms with Crippen LogP contribution in [0.25, 0.3) is 5.65 Å². The van der Waals surface area contributed by atoms with E-state index in [1.807, 2.05) is 17.0 Å². The normalized spacial score (nSPS) is 16.4. The predicted molar refractivity (Wildman–Crippen MR) is 88.2 cm³/mol. The number of hydrogen-bond donors (Lipinski definition) is 0. The molecule has 0 amide bonds. The zero-order valence-electron chi connectivity index (χ0n) is 13.2. The summed E-state index contributed by atoms with van der Waals surface area (Å²) in [5, 5.41) is 12.1. The number of piperazine rings is 1. The maximum Gasteiger partial charge on any atom is 0.243 e. The van der Waals surface area contributed by atoms with Gasteiger partial charge in [0, 0.05) is 26.2 Å². The second-order valence-electron chi connectivity index (χ2n) is 5.67. The van der Waals surface area contributed by atoms with Crippen molar-refractivity contribution in [2.24, 2.45) is 0 Å². The first kappa shape index (κ1) is 15.9. The number of fused-ring (bicyclic) bond motifs is 1. The lowest BCUT2D eigenvalue weighted by molar-refractivity contribution is 0.383. The molecule has 0 spiro atoms. The van der Waals surface area contributed by atoms with E-state index in [-0.39, 0.29) is 4.90 Å². The number of aromatic nitrogens is 4. The summed E-state index contributed by atoms with van der Waals surface area (Å²) in [6.07, 6.45) is 1.52. The molecule has 0 aliphatic carbocycles. The number of benzene rings is 1. The van der Waals surface area contributed by atoms with Gasteiger partial charge in [-0.3, -0.25) is 0 Å². The highest BCUT2D eigenvalue weighted by Gasteiger charge is 2.29. The van der Waals surface area contributed by atoms with Gasteiger partial charge in [0.05, 0.1) is 4.90 Å². The van der Waals surface area contributed by atoms with Gasteiger partial charge in [-0.05, 0) is 30.3 Å². The SMILES string of the molecule is O=S(=O)(c1cccc(F)c1)N1CCN(c2ccc3nncn3n2)CC1. The third kappa shape index (κ3) is 2.94. The summed E-state index contributed by atoms with van der Waals surface area (Å²) in [7, 11) is -3.69. The second kappa shape index (κ2) is 6.05. The molecule has 1 aromatic carbocycles. The molecule has 1 fully saturated rings. The van der Waals surface area contributed by atoms with E-state index in [1.54, 1.807) is 4.52 Å². The van der Waals surface area contributed by atoms with Crippen molar-refractivity contribution in [3.63, 3.8) is 0 Å². The summed E-state index contributed by atoms with van der Waals surface area (Å²) in [4.78, 5) is 1.97. The van der Waals surface area contributed by atoms with E-state index in [2.05, 4.69) is 15.3 Å². The first-order valence-corrected chi connectivity index (χ1v) is 9.16. The minimum absolute atomic E-state index is 0.0232. The minimum Gasteiger partial charge on any atom is -0.353 e. The summed E-state index contributed by atoms with van der Waals surface area (Å²) in [6.45, 7) is 1.60. The van der Waals surface area contributed by atoms with Gasteiger partial charge >= 0.3 is 0 Å². The molecule has 0 atom stereocenters. The monoisotopic (exact) mass is 362 g/mol. The van der Waals surface area contributed by atoms with Gasteiger partial charge in [0.2, 0.25) is 10.0 Å². The van der Waals surface area contributed by atoms with E-state index < -0.39 is 15.8 Å². The van der Waals surface area contributed by atoms with Gasteiger partial charge in [0.25, 0.3) is 0 Å². The van der Waals surface area contributed by atoms with Crippen molar-refractivity contribution in [2.45, 2.75) is 4.90 Å². The Bertz CT molecular complexity index is 1010. The fraction of sp³-hybridized carbons (Fsp3) is 0.267. The van der Waals surface area contributed by atoms with Crippen LogP contribution in [0, 0.1) is 5.82 Å². The molecule has 8 nitrogen and oxygen atoms in total. The van der Waals surface area contributed by atoms with Crippen LogP contribution in [0.5, 0.6) is 0 Å². The standard InChI is InChI=1S/C15H15FN6O2S/c16-12-2-1-3-13(10-12)25(23,24)21-8-6-20(7-9-21)15-5-4-14-18-17-11-22(14)19-15/h1-5,10-11H,6-9H2. The van der Waals surface area contributed by atoms with Crippen LogP contribution in [0.1, 0.15) is 0 Å². The lowest BCUT2D eigenvalue weighted by Gasteiger charge is -2.34. The molecular formula is C15H15FN6O2S. The van der Waals surface area contributed by atoms with Gasteiger partial charge < -0.3 is 4.90 Å². The molecule has 2 aromatic heterocycles. The van der Waals surface area contributed by atoms with Crippen LogP contribution in [0.4, 0.5) is 10.2 Å². The van der Waals surface area contributed by atoms with Crippen molar-refractivity contribution in [3.05, 3.63) is 48.5 Å². The van der Waals surface area contributed by atoms with Gasteiger partial charge in [-0.15, -0.1) is 15.3 Å². The largest absolute Gasteiger partial charge is 0.353 e. The highest BCUT2D eigenvalue weighted by Crippen LogP contribution is 2.20. The molecule has 1 aliphatic rings. The lowest BCUT2D eigenvalue weighted by Crippen LogP contribution is -2.49. The molecule has 10 heteroatoms. The molecule has 0 unspecified atom stereocenters. The Balaban J connectivity index is 1.51. The van der Waals surface area contributed by atoms with Crippen molar-refractivity contribution in [2.75, 3.05) is 31.1 Å². The fourth-order valence-corrected chi connectivity index (χ4v) is 4.28. The molecule has 0 N–H and O–H groups in total. The molecular weight excluding hydrogens is 347 g/mol. The number of hydrogen-bond acceptors (Lipinski definition) is 6. The van der Waals surface area contributed by atoms with Crippen molar-refractivity contribution in [3.8, 4) is 0 Å². The van der Waals surface area contributed by atoms with E-state index in [4.69, 9.17) is 0 Å². The number of nitrogens with zero attached hydrogens (tertiary/aromatic N) is 6. The summed E-state index contributed by atoms with van der Waals surface area (Å²) in [5.41, 5.74) is 0.649. The molecule has 0 bridgehead atoms. The van der Waals surface area contributed by atoms with Crippen molar-refractivity contribution < 1.29 is 12.8 Å². The second-order valence-corrected chi connectivity index (χ2v) is 7.61. The Kier molecular flexibility index (Phi) is 3.85. The predicted octanol–water partition coefficient (Wildman–Crippen LogP) is 0.774. The van der Waals surface area contributed by atoms with Crippen molar-refractivity contribution in [1.82, 2.24) is 24.1 Å². The van der Waals surface area contributed by atoms with Crippen LogP contribution in [0.2, 0.25) is 0 Å². The maximum absolute atomic E-state index is 13.3. The van der Waals surface area contributed by atoms with Gasteiger partial charge in [-0.25, -0.2) is 12.8 Å². The first-order valence-electron chi connectivity index (χ1n) is 7.72. The van der Waals surface area contributed by atoms with Crippen LogP contribution in [0.15, 0.2) is 47.6 Å². The summed E-state index contributed by atoms with van der Waals surface area (Å²) >= 11 is 0. The first-order chi connectivity index (χ1) is 12.0. The molecule has 0 radical (unpaired) electrons. The Morgan fingerprint density at radius 3 is 2.60 bits per heavy atom. The van der Waals surface area contributed by atoms with E-state index in [0.29, 0.717) is 31.8 Å². The highest BCUT2D eigenvalue weighted by atomic mass is 32.2. The molecule has 1 saturated heterocycles. The Morgan fingerprint density at radius 2 is 1.84 bits per heavy atom. The summed E-state index contributed by atoms with van der Waals surface area (Å²) in [5.74, 6) is 0.168. The summed E-state index contributed by atoms with van der Waals surface area (Å²) in [6, 6.07) is 8.72. The quantitative estimate of drug-likeness (QED) is 0.685. The Hall–Kier alpha value is -2.59. The Morgan fingerprint density at radius 1 is 1.04 bits per heavy atom. The van der Waals surface area contributed by atoms with Crippen LogP contribution in [0.3, 0.4) is 0 Å². The van der Waals surface area contributed by atoms with E-state index in [0.717, 1.165) is 11.9 Å². The smallest absolute Gasteiger partial charge is 0.243 e. The van der Waals surface area contributed by atoms with Crippen LogP contribution in [-0.2, 0) is 10.0 Å². The topological polar surface area (TPSA) is 83.7 Å². The lowest BCUT2D eigenvalue weighted by atomic mass is 10.3. The van der Waals surface area contributed by atoms with Crippen LogP contribution < -0.4 is 4.90 Å². The van der Waals surface area contributed by atoms with Crippen LogP contribution >= 0.6 is 0 Å². The number of halogens is 1. The van der Waals surface area contributed by atoms with Gasteiger partial charge in [-0.2, -0.15) is 8.82 Å². The minimum atomic E-state index is -3.69. The third-order valence-electron chi connectivity index (χ3n) is 4.14. The van der Waals surface area contributed by atoms with Gasteiger partial charge in [0.1, 0.15) is 18.0 Å². The molecule has 25 heavy (non-hydrogen) atoms. The zero-order valence-corrected chi connectivity index (χ0v) is 14.0. The summed E-state index contributed by atoms with van der Waals surface area (Å²) < 4.78 is 41.5. The van der Waals surface area contributed by atoms with E-state index in [1.165, 1.54) is 28.8 Å². The number of rotatable bonds is 3. The average molecular weight is 362 g/mol. The van der Waals surface area contributed by atoms with E-state index in [9.17, 15) is 12.8 Å². The molecule has 3 heterocycles. The number of anilines is 1. The Labute approximate surface area is 143 Å². The maximum atomic E-state index is 13.3. The van der Waals surface area contributed by atoms with E-state index >= 15 is 0 Å². The molecule has 1 aliphatic heterocycles. The van der Waals surface area contributed by atoms with Gasteiger partial charge in [-0.1, -0.05) is 6.07 Å². The highest BCUT2D eigenvalue weighted by molar-refractivity contribution is 7.89. The van der Waals surface area contributed by atoms with Crippen molar-refractivity contribution in [1.29, 1.82) is 0 Å². The molecule has 0 saturated carbocycles. The average Bonchev–Trinajstić information content (AvgIpc) is 3.09. The molecule has 4 rings (SSSR count). The third-order valence-corrected chi connectivity index (χ3v) is 6.04. The molecule has 130 valence electrons. The number of sulfonamides is 1.